The Bertz CT molecular complexity index is 634. The van der Waals surface area contributed by atoms with Crippen LogP contribution in [0.2, 0.25) is 0 Å². The van der Waals surface area contributed by atoms with E-state index in [1.54, 1.807) is 19.1 Å². The van der Waals surface area contributed by atoms with Crippen molar-refractivity contribution in [1.82, 2.24) is 0 Å². The largest absolute Gasteiger partial charge is 0.224 e. The van der Waals surface area contributed by atoms with E-state index in [-0.39, 0.29) is 10.6 Å². The predicted molar refractivity (Wildman–Crippen MR) is 81.4 cm³/mol. The summed E-state index contributed by atoms with van der Waals surface area (Å²) in [6.45, 7) is 1.65. The van der Waals surface area contributed by atoms with Gasteiger partial charge in [-0.2, -0.15) is 0 Å². The van der Waals surface area contributed by atoms with Gasteiger partial charge in [0.2, 0.25) is 0 Å². The van der Waals surface area contributed by atoms with Crippen LogP contribution in [-0.2, 0) is 9.84 Å². The van der Waals surface area contributed by atoms with Crippen molar-refractivity contribution in [2.75, 3.05) is 5.75 Å². The summed E-state index contributed by atoms with van der Waals surface area (Å²) in [5, 5.41) is 0. The number of hydrogen-bond donors (Lipinski definition) is 0. The standard InChI is InChI=1S/C15H15BrO2S/c1-2-19(17,18)14-10-8-13(9-11-14)15(16)12-6-4-3-5-7-12/h3-11,15H,2H2,1H3. The fourth-order valence-electron chi connectivity index (χ4n) is 1.83. The van der Waals surface area contributed by atoms with Gasteiger partial charge in [0.15, 0.2) is 9.84 Å². The van der Waals surface area contributed by atoms with Gasteiger partial charge < -0.3 is 0 Å². The van der Waals surface area contributed by atoms with Crippen molar-refractivity contribution in [1.29, 1.82) is 0 Å². The zero-order valence-corrected chi connectivity index (χ0v) is 13.0. The van der Waals surface area contributed by atoms with Crippen LogP contribution in [0.3, 0.4) is 0 Å². The topological polar surface area (TPSA) is 34.1 Å². The van der Waals surface area contributed by atoms with E-state index in [4.69, 9.17) is 0 Å². The highest BCUT2D eigenvalue weighted by atomic mass is 79.9. The van der Waals surface area contributed by atoms with Crippen LogP contribution in [0.4, 0.5) is 0 Å². The van der Waals surface area contributed by atoms with Gasteiger partial charge in [0.05, 0.1) is 15.5 Å². The molecule has 0 heterocycles. The molecule has 19 heavy (non-hydrogen) atoms. The van der Waals surface area contributed by atoms with E-state index >= 15 is 0 Å². The highest BCUT2D eigenvalue weighted by Gasteiger charge is 2.13. The van der Waals surface area contributed by atoms with Gasteiger partial charge in [-0.1, -0.05) is 65.3 Å². The van der Waals surface area contributed by atoms with Crippen LogP contribution in [-0.4, -0.2) is 14.2 Å². The third-order valence-corrected chi connectivity index (χ3v) is 5.81. The van der Waals surface area contributed by atoms with Crippen LogP contribution in [0.25, 0.3) is 0 Å². The van der Waals surface area contributed by atoms with Crippen molar-refractivity contribution in [3.8, 4) is 0 Å². The van der Waals surface area contributed by atoms with E-state index in [1.165, 1.54) is 0 Å². The molecule has 0 spiro atoms. The molecule has 0 aliphatic heterocycles. The van der Waals surface area contributed by atoms with Gasteiger partial charge in [-0.15, -0.1) is 0 Å². The molecule has 0 bridgehead atoms. The SMILES string of the molecule is CCS(=O)(=O)c1ccc(C(Br)c2ccccc2)cc1. The molecule has 0 saturated carbocycles. The molecule has 0 aliphatic rings. The van der Waals surface area contributed by atoms with E-state index in [2.05, 4.69) is 15.9 Å². The lowest BCUT2D eigenvalue weighted by Crippen LogP contribution is -2.03. The Hall–Kier alpha value is -1.13. The van der Waals surface area contributed by atoms with Crippen molar-refractivity contribution >= 4 is 25.8 Å². The molecule has 0 fully saturated rings. The van der Waals surface area contributed by atoms with Gasteiger partial charge in [-0.05, 0) is 23.3 Å². The summed E-state index contributed by atoms with van der Waals surface area (Å²) in [6.07, 6.45) is 0. The Labute approximate surface area is 122 Å². The van der Waals surface area contributed by atoms with Gasteiger partial charge in [-0.25, -0.2) is 8.42 Å². The number of hydrogen-bond acceptors (Lipinski definition) is 2. The fourth-order valence-corrected chi connectivity index (χ4v) is 3.32. The average Bonchev–Trinajstić information content (AvgIpc) is 2.47. The van der Waals surface area contributed by atoms with E-state index < -0.39 is 9.84 Å². The Morgan fingerprint density at radius 2 is 1.47 bits per heavy atom. The minimum atomic E-state index is -3.12. The molecule has 2 nitrogen and oxygen atoms in total. The Morgan fingerprint density at radius 3 is 2.00 bits per heavy atom. The number of rotatable bonds is 4. The molecule has 4 heteroatoms. The first-order valence-electron chi connectivity index (χ1n) is 6.06. The second-order valence-electron chi connectivity index (χ2n) is 4.25. The molecular weight excluding hydrogens is 324 g/mol. The van der Waals surface area contributed by atoms with E-state index in [0.717, 1.165) is 11.1 Å². The quantitative estimate of drug-likeness (QED) is 0.790. The molecule has 1 atom stereocenters. The summed E-state index contributed by atoms with van der Waals surface area (Å²) in [6, 6.07) is 17.1. The maximum atomic E-state index is 11.7. The molecule has 0 N–H and O–H groups in total. The summed E-state index contributed by atoms with van der Waals surface area (Å²) in [4.78, 5) is 0.457. The summed E-state index contributed by atoms with van der Waals surface area (Å²) >= 11 is 3.64. The van der Waals surface area contributed by atoms with E-state index in [0.29, 0.717) is 4.90 Å². The van der Waals surface area contributed by atoms with Crippen LogP contribution in [0.15, 0.2) is 59.5 Å². The number of benzene rings is 2. The summed E-state index contributed by atoms with van der Waals surface area (Å²) < 4.78 is 23.5. The first-order valence-corrected chi connectivity index (χ1v) is 8.63. The van der Waals surface area contributed by atoms with Crippen molar-refractivity contribution in [2.45, 2.75) is 16.6 Å². The van der Waals surface area contributed by atoms with Crippen molar-refractivity contribution in [2.24, 2.45) is 0 Å². The smallest absolute Gasteiger partial charge is 0.178 e. The van der Waals surface area contributed by atoms with Crippen LogP contribution >= 0.6 is 15.9 Å². The number of alkyl halides is 1. The zero-order chi connectivity index (χ0) is 13.9. The van der Waals surface area contributed by atoms with E-state index in [9.17, 15) is 8.42 Å². The molecule has 0 radical (unpaired) electrons. The highest BCUT2D eigenvalue weighted by molar-refractivity contribution is 9.09. The molecule has 0 aromatic heterocycles. The maximum Gasteiger partial charge on any atom is 0.178 e. The van der Waals surface area contributed by atoms with Crippen molar-refractivity contribution in [3.63, 3.8) is 0 Å². The average molecular weight is 339 g/mol. The zero-order valence-electron chi connectivity index (χ0n) is 10.6. The molecule has 2 aromatic rings. The van der Waals surface area contributed by atoms with Gasteiger partial charge in [0.25, 0.3) is 0 Å². The van der Waals surface area contributed by atoms with Crippen LogP contribution in [0.1, 0.15) is 22.9 Å². The predicted octanol–water partition coefficient (Wildman–Crippen LogP) is 3.96. The monoisotopic (exact) mass is 338 g/mol. The second kappa shape index (κ2) is 5.88. The first kappa shape index (κ1) is 14.3. The summed E-state index contributed by atoms with van der Waals surface area (Å²) in [5.41, 5.74) is 2.19. The highest BCUT2D eigenvalue weighted by Crippen LogP contribution is 2.31. The van der Waals surface area contributed by atoms with Crippen LogP contribution < -0.4 is 0 Å². The Balaban J connectivity index is 2.29. The van der Waals surface area contributed by atoms with E-state index in [1.807, 2.05) is 42.5 Å². The van der Waals surface area contributed by atoms with Gasteiger partial charge in [0.1, 0.15) is 0 Å². The minimum Gasteiger partial charge on any atom is -0.224 e. The number of sulfone groups is 1. The molecule has 0 saturated heterocycles. The van der Waals surface area contributed by atoms with Crippen molar-refractivity contribution in [3.05, 3.63) is 65.7 Å². The fraction of sp³-hybridized carbons (Fsp3) is 0.200. The third kappa shape index (κ3) is 3.25. The van der Waals surface area contributed by atoms with Gasteiger partial charge in [-0.3, -0.25) is 0 Å². The Kier molecular flexibility index (Phi) is 4.42. The molecule has 1 unspecified atom stereocenters. The maximum absolute atomic E-state index is 11.7. The molecule has 2 aromatic carbocycles. The second-order valence-corrected chi connectivity index (χ2v) is 7.44. The molecular formula is C15H15BrO2S. The molecule has 0 amide bonds. The molecule has 2 rings (SSSR count). The lowest BCUT2D eigenvalue weighted by atomic mass is 10.1. The number of halogens is 1. The summed E-state index contributed by atoms with van der Waals surface area (Å²) in [5.74, 6) is 0.128. The lowest BCUT2D eigenvalue weighted by molar-refractivity contribution is 0.597. The van der Waals surface area contributed by atoms with Crippen molar-refractivity contribution < 1.29 is 8.42 Å². The first-order chi connectivity index (χ1) is 9.04. The summed E-state index contributed by atoms with van der Waals surface area (Å²) in [7, 11) is -3.12. The van der Waals surface area contributed by atoms with Crippen LogP contribution in [0.5, 0.6) is 0 Å². The van der Waals surface area contributed by atoms with Gasteiger partial charge >= 0.3 is 0 Å². The lowest BCUT2D eigenvalue weighted by Gasteiger charge is -2.11. The Morgan fingerprint density at radius 1 is 0.947 bits per heavy atom. The normalized spacial score (nSPS) is 13.2. The molecule has 0 aliphatic carbocycles. The minimum absolute atomic E-state index is 0.0760. The third-order valence-electron chi connectivity index (χ3n) is 3.00. The van der Waals surface area contributed by atoms with Crippen LogP contribution in [0, 0.1) is 0 Å². The van der Waals surface area contributed by atoms with Gasteiger partial charge in [0, 0.05) is 0 Å². The molecule has 100 valence electrons.